The van der Waals surface area contributed by atoms with Crippen LogP contribution in [-0.2, 0) is 19.1 Å². The largest absolute Gasteiger partial charge is 0.491 e. The average Bonchev–Trinajstić information content (AvgIpc) is 3.33. The standard InChI is InChI=1S/C36H40N2O9/c1-24(39)37-26-15-13-25(14-16-26)36(44)38-27-17-19-30(20-18-27)47-34(43)12-8-3-2-7-11-31-32(41)21-33(42)35(31)46-23-28(40)22-45-29-9-5-4-6-10-29/h2,4-7,9-10,13-20,28,31,33,35,40,42H,3,8,11-12,21-23H2,1H3,(H,37,39)(H,38,44)/t28?,31-,33+,35+/m1/s1. The zero-order chi connectivity index (χ0) is 33.6. The molecular weight excluding hydrogens is 604 g/mol. The van der Waals surface area contributed by atoms with Gasteiger partial charge in [-0.2, -0.15) is 0 Å². The second-order valence-electron chi connectivity index (χ2n) is 11.2. The molecule has 1 aliphatic rings. The SMILES string of the molecule is CC(=O)Nc1ccc(C(=O)Nc2ccc(OC(=O)CCCC=CC[C@@H]3C(=O)C[C@H](O)[C@H]3OCC(O)COc3ccccc3)cc2)cc1. The first-order chi connectivity index (χ1) is 22.7. The zero-order valence-corrected chi connectivity index (χ0v) is 26.2. The summed E-state index contributed by atoms with van der Waals surface area (Å²) in [5.74, 6) is -0.545. The number of benzene rings is 3. The van der Waals surface area contributed by atoms with E-state index in [1.54, 1.807) is 60.7 Å². The number of aliphatic hydroxyl groups is 2. The minimum Gasteiger partial charge on any atom is -0.491 e. The van der Waals surface area contributed by atoms with Gasteiger partial charge in [-0.25, -0.2) is 0 Å². The van der Waals surface area contributed by atoms with E-state index in [0.29, 0.717) is 47.7 Å². The first kappa shape index (κ1) is 35.0. The molecule has 0 bridgehead atoms. The summed E-state index contributed by atoms with van der Waals surface area (Å²) in [5, 5.41) is 26.0. The second kappa shape index (κ2) is 17.7. The van der Waals surface area contributed by atoms with Crippen LogP contribution in [0.5, 0.6) is 11.5 Å². The van der Waals surface area contributed by atoms with Gasteiger partial charge in [-0.1, -0.05) is 30.4 Å². The summed E-state index contributed by atoms with van der Waals surface area (Å²) in [7, 11) is 0. The molecule has 0 aromatic heterocycles. The Labute approximate surface area is 273 Å². The van der Waals surface area contributed by atoms with E-state index in [-0.39, 0.29) is 43.7 Å². The minimum atomic E-state index is -0.933. The topological polar surface area (TPSA) is 160 Å². The molecule has 1 aliphatic carbocycles. The average molecular weight is 645 g/mol. The molecule has 0 aliphatic heterocycles. The maximum atomic E-state index is 12.5. The molecule has 248 valence electrons. The molecule has 3 aromatic carbocycles. The van der Waals surface area contributed by atoms with Crippen LogP contribution in [0.2, 0.25) is 0 Å². The first-order valence-electron chi connectivity index (χ1n) is 15.5. The fourth-order valence-electron chi connectivity index (χ4n) is 5.02. The number of esters is 1. The van der Waals surface area contributed by atoms with E-state index in [1.165, 1.54) is 6.92 Å². The van der Waals surface area contributed by atoms with Crippen molar-refractivity contribution in [2.24, 2.45) is 5.92 Å². The highest BCUT2D eigenvalue weighted by molar-refractivity contribution is 6.04. The van der Waals surface area contributed by atoms with Gasteiger partial charge in [0.25, 0.3) is 5.91 Å². The molecule has 0 saturated heterocycles. The number of para-hydroxylation sites is 1. The number of ketones is 1. The number of amides is 2. The van der Waals surface area contributed by atoms with Crippen molar-refractivity contribution in [2.75, 3.05) is 23.8 Å². The molecule has 11 heteroatoms. The number of hydrogen-bond donors (Lipinski definition) is 4. The van der Waals surface area contributed by atoms with Crippen molar-refractivity contribution in [3.63, 3.8) is 0 Å². The van der Waals surface area contributed by atoms with Crippen molar-refractivity contribution < 1.29 is 43.6 Å². The molecule has 4 N–H and O–H groups in total. The summed E-state index contributed by atoms with van der Waals surface area (Å²) in [4.78, 5) is 48.4. The summed E-state index contributed by atoms with van der Waals surface area (Å²) in [6.45, 7) is 1.36. The van der Waals surface area contributed by atoms with Crippen LogP contribution in [0.25, 0.3) is 0 Å². The Balaban J connectivity index is 1.12. The van der Waals surface area contributed by atoms with Crippen LogP contribution in [0.4, 0.5) is 11.4 Å². The molecule has 2 amide bonds. The van der Waals surface area contributed by atoms with Crippen LogP contribution >= 0.6 is 0 Å². The lowest BCUT2D eigenvalue weighted by Gasteiger charge is -2.22. The van der Waals surface area contributed by atoms with E-state index < -0.39 is 30.2 Å². The maximum Gasteiger partial charge on any atom is 0.311 e. The van der Waals surface area contributed by atoms with Gasteiger partial charge in [0.2, 0.25) is 5.91 Å². The van der Waals surface area contributed by atoms with Gasteiger partial charge in [-0.15, -0.1) is 0 Å². The lowest BCUT2D eigenvalue weighted by Crippen LogP contribution is -2.34. The van der Waals surface area contributed by atoms with Crippen LogP contribution in [0.15, 0.2) is 91.0 Å². The van der Waals surface area contributed by atoms with E-state index >= 15 is 0 Å². The number of aliphatic hydroxyl groups excluding tert-OH is 2. The number of unbranched alkanes of at least 4 members (excludes halogenated alkanes) is 1. The quantitative estimate of drug-likeness (QED) is 0.0750. The van der Waals surface area contributed by atoms with Crippen LogP contribution in [0.1, 0.15) is 49.4 Å². The predicted molar refractivity (Wildman–Crippen MR) is 175 cm³/mol. The molecule has 1 saturated carbocycles. The minimum absolute atomic E-state index is 0.00780. The number of hydrogen-bond acceptors (Lipinski definition) is 9. The van der Waals surface area contributed by atoms with Gasteiger partial charge in [0, 0.05) is 42.6 Å². The number of ether oxygens (including phenoxy) is 3. The van der Waals surface area contributed by atoms with Gasteiger partial charge in [0.15, 0.2) is 0 Å². The number of anilines is 2. The smallest absolute Gasteiger partial charge is 0.311 e. The van der Waals surface area contributed by atoms with Crippen molar-refractivity contribution in [3.05, 3.63) is 96.6 Å². The Hall–Kier alpha value is -4.84. The highest BCUT2D eigenvalue weighted by Crippen LogP contribution is 2.29. The molecule has 47 heavy (non-hydrogen) atoms. The number of carbonyl (C=O) groups excluding carboxylic acids is 4. The lowest BCUT2D eigenvalue weighted by atomic mass is 9.99. The van der Waals surface area contributed by atoms with Gasteiger partial charge >= 0.3 is 5.97 Å². The van der Waals surface area contributed by atoms with Crippen LogP contribution < -0.4 is 20.1 Å². The summed E-state index contributed by atoms with van der Waals surface area (Å²) < 4.78 is 16.7. The molecule has 0 spiro atoms. The van der Waals surface area contributed by atoms with Crippen molar-refractivity contribution >= 4 is 34.9 Å². The highest BCUT2D eigenvalue weighted by atomic mass is 16.5. The Morgan fingerprint density at radius 1 is 0.894 bits per heavy atom. The Bertz CT molecular complexity index is 1510. The van der Waals surface area contributed by atoms with E-state index in [2.05, 4.69) is 10.6 Å². The van der Waals surface area contributed by atoms with Crippen LogP contribution in [0.3, 0.4) is 0 Å². The lowest BCUT2D eigenvalue weighted by molar-refractivity contribution is -0.134. The molecule has 0 heterocycles. The Morgan fingerprint density at radius 2 is 1.57 bits per heavy atom. The van der Waals surface area contributed by atoms with Gasteiger partial charge in [-0.05, 0) is 79.9 Å². The first-order valence-corrected chi connectivity index (χ1v) is 15.5. The zero-order valence-electron chi connectivity index (χ0n) is 26.2. The molecular formula is C36H40N2O9. The molecule has 11 nitrogen and oxygen atoms in total. The number of nitrogens with one attached hydrogen (secondary N) is 2. The van der Waals surface area contributed by atoms with E-state index in [1.807, 2.05) is 30.4 Å². The van der Waals surface area contributed by atoms with Gasteiger partial charge < -0.3 is 35.1 Å². The summed E-state index contributed by atoms with van der Waals surface area (Å²) >= 11 is 0. The van der Waals surface area contributed by atoms with Crippen molar-refractivity contribution in [1.82, 2.24) is 0 Å². The van der Waals surface area contributed by atoms with Gasteiger partial charge in [-0.3, -0.25) is 19.2 Å². The fourth-order valence-corrected chi connectivity index (χ4v) is 5.02. The molecule has 4 atom stereocenters. The number of Topliss-reactive ketones (excluding diaryl/α,β-unsaturated/α-hetero) is 1. The molecule has 3 aromatic rings. The summed E-state index contributed by atoms with van der Waals surface area (Å²) in [5.41, 5.74) is 1.54. The van der Waals surface area contributed by atoms with E-state index in [0.717, 1.165) is 0 Å². The van der Waals surface area contributed by atoms with E-state index in [4.69, 9.17) is 14.2 Å². The third kappa shape index (κ3) is 11.5. The summed E-state index contributed by atoms with van der Waals surface area (Å²) in [6, 6.07) is 22.0. The van der Waals surface area contributed by atoms with Crippen LogP contribution in [-0.4, -0.2) is 65.3 Å². The number of rotatable bonds is 16. The highest BCUT2D eigenvalue weighted by Gasteiger charge is 2.41. The molecule has 1 unspecified atom stereocenters. The predicted octanol–water partition coefficient (Wildman–Crippen LogP) is 4.69. The Morgan fingerprint density at radius 3 is 2.28 bits per heavy atom. The van der Waals surface area contributed by atoms with E-state index in [9.17, 15) is 29.4 Å². The number of carbonyl (C=O) groups is 4. The third-order valence-corrected chi connectivity index (χ3v) is 7.39. The second-order valence-corrected chi connectivity index (χ2v) is 11.2. The monoisotopic (exact) mass is 644 g/mol. The Kier molecular flexibility index (Phi) is 13.2. The summed E-state index contributed by atoms with van der Waals surface area (Å²) in [6.07, 6.45) is 2.88. The molecule has 0 radical (unpaired) electrons. The van der Waals surface area contributed by atoms with Crippen molar-refractivity contribution in [1.29, 1.82) is 0 Å². The molecule has 1 fully saturated rings. The van der Waals surface area contributed by atoms with Crippen molar-refractivity contribution in [3.8, 4) is 11.5 Å². The van der Waals surface area contributed by atoms with Crippen molar-refractivity contribution in [2.45, 2.75) is 57.3 Å². The fraction of sp³-hybridized carbons (Fsp3) is 0.333. The third-order valence-electron chi connectivity index (χ3n) is 7.39. The van der Waals surface area contributed by atoms with Crippen LogP contribution in [0, 0.1) is 5.92 Å². The maximum absolute atomic E-state index is 12.5. The van der Waals surface area contributed by atoms with Gasteiger partial charge in [0.1, 0.15) is 30.0 Å². The normalized spacial score (nSPS) is 18.1. The number of allylic oxidation sites excluding steroid dienone is 2. The van der Waals surface area contributed by atoms with Gasteiger partial charge in [0.05, 0.1) is 18.8 Å². The molecule has 4 rings (SSSR count).